The third-order valence-corrected chi connectivity index (χ3v) is 2.67. The lowest BCUT2D eigenvalue weighted by molar-refractivity contribution is 0.180. The van der Waals surface area contributed by atoms with Crippen molar-refractivity contribution in [2.45, 2.75) is 25.0 Å². The zero-order valence-electron chi connectivity index (χ0n) is 8.44. The van der Waals surface area contributed by atoms with E-state index in [0.717, 1.165) is 12.2 Å². The molecule has 0 saturated carbocycles. The Hall–Kier alpha value is -1.50. The number of terminal acetylenes is 1. The van der Waals surface area contributed by atoms with Crippen LogP contribution in [0.2, 0.25) is 0 Å². The maximum Gasteiger partial charge on any atom is 0.123 e. The minimum atomic E-state index is 0.0161. The molecule has 2 atom stereocenters. The molecule has 15 heavy (non-hydrogen) atoms. The fraction of sp³-hybridized carbons (Fsp3) is 0.333. The molecule has 1 aliphatic rings. The van der Waals surface area contributed by atoms with Crippen molar-refractivity contribution in [3.8, 4) is 18.1 Å². The number of benzene rings is 1. The van der Waals surface area contributed by atoms with E-state index in [-0.39, 0.29) is 12.1 Å². The lowest BCUT2D eigenvalue weighted by atomic mass is 10.0. The average molecular weight is 202 g/mol. The van der Waals surface area contributed by atoms with Crippen molar-refractivity contribution in [1.29, 1.82) is 0 Å². The minimum Gasteiger partial charge on any atom is -0.488 e. The molecule has 0 fully saturated rings. The van der Waals surface area contributed by atoms with E-state index >= 15 is 0 Å². The van der Waals surface area contributed by atoms with E-state index < -0.39 is 0 Å². The topological polar surface area (TPSA) is 47.3 Å². The van der Waals surface area contributed by atoms with E-state index in [2.05, 4.69) is 17.4 Å². The molecule has 1 heterocycles. The molecule has 2 rings (SSSR count). The van der Waals surface area contributed by atoms with Crippen LogP contribution in [0.4, 0.5) is 0 Å². The third kappa shape index (κ3) is 1.96. The predicted octanol–water partition coefficient (Wildman–Crippen LogP) is 0.845. The second kappa shape index (κ2) is 4.35. The Balaban J connectivity index is 2.09. The first kappa shape index (κ1) is 10.0. The van der Waals surface area contributed by atoms with E-state index in [1.54, 1.807) is 0 Å². The summed E-state index contributed by atoms with van der Waals surface area (Å²) in [7, 11) is 0. The highest BCUT2D eigenvalue weighted by Gasteiger charge is 2.28. The quantitative estimate of drug-likeness (QED) is 0.434. The van der Waals surface area contributed by atoms with Gasteiger partial charge in [0.15, 0.2) is 0 Å². The number of nitrogens with two attached hydrogens (primary N) is 1. The molecule has 0 saturated heterocycles. The number of fused-ring (bicyclic) bond motifs is 1. The van der Waals surface area contributed by atoms with Crippen LogP contribution in [0.25, 0.3) is 0 Å². The van der Waals surface area contributed by atoms with E-state index in [1.165, 1.54) is 5.56 Å². The van der Waals surface area contributed by atoms with Gasteiger partial charge in [-0.3, -0.25) is 11.3 Å². The summed E-state index contributed by atoms with van der Waals surface area (Å²) in [5.74, 6) is 8.99. The summed E-state index contributed by atoms with van der Waals surface area (Å²) in [5.41, 5.74) is 3.93. The van der Waals surface area contributed by atoms with Crippen molar-refractivity contribution >= 4 is 0 Å². The Morgan fingerprint density at radius 3 is 3.07 bits per heavy atom. The number of hydrazine groups is 1. The average Bonchev–Trinajstić information content (AvgIpc) is 2.69. The molecule has 1 aromatic rings. The standard InChI is InChI=1S/C12H14N2O/c1-2-5-10(14-13)12-8-9-6-3-4-7-11(9)15-12/h1,3-4,6-7,10,12,14H,5,8,13H2. The van der Waals surface area contributed by atoms with Crippen LogP contribution in [0.1, 0.15) is 12.0 Å². The molecular weight excluding hydrogens is 188 g/mol. The molecule has 1 aromatic carbocycles. The van der Waals surface area contributed by atoms with Gasteiger partial charge in [-0.15, -0.1) is 12.3 Å². The highest BCUT2D eigenvalue weighted by molar-refractivity contribution is 5.37. The molecular formula is C12H14N2O. The van der Waals surface area contributed by atoms with Gasteiger partial charge < -0.3 is 4.74 Å². The normalized spacial score (nSPS) is 20.1. The van der Waals surface area contributed by atoms with E-state index in [4.69, 9.17) is 17.0 Å². The Kier molecular flexibility index (Phi) is 2.91. The van der Waals surface area contributed by atoms with Gasteiger partial charge in [-0.1, -0.05) is 18.2 Å². The molecule has 0 spiro atoms. The molecule has 78 valence electrons. The SMILES string of the molecule is C#CCC(NN)C1Cc2ccccc2O1. The van der Waals surface area contributed by atoms with Crippen molar-refractivity contribution < 1.29 is 4.74 Å². The van der Waals surface area contributed by atoms with Gasteiger partial charge in [0.2, 0.25) is 0 Å². The van der Waals surface area contributed by atoms with E-state index in [9.17, 15) is 0 Å². The fourth-order valence-corrected chi connectivity index (χ4v) is 1.86. The number of nitrogens with one attached hydrogen (secondary N) is 1. The molecule has 3 N–H and O–H groups in total. The molecule has 0 radical (unpaired) electrons. The van der Waals surface area contributed by atoms with Gasteiger partial charge in [-0.05, 0) is 11.6 Å². The Morgan fingerprint density at radius 1 is 1.60 bits per heavy atom. The van der Waals surface area contributed by atoms with E-state index in [1.807, 2.05) is 18.2 Å². The van der Waals surface area contributed by atoms with Gasteiger partial charge in [0.25, 0.3) is 0 Å². The number of hydrogen-bond donors (Lipinski definition) is 2. The smallest absolute Gasteiger partial charge is 0.123 e. The van der Waals surface area contributed by atoms with Gasteiger partial charge in [-0.2, -0.15) is 0 Å². The molecule has 0 bridgehead atoms. The third-order valence-electron chi connectivity index (χ3n) is 2.67. The Morgan fingerprint density at radius 2 is 2.40 bits per heavy atom. The number of rotatable bonds is 3. The molecule has 0 aromatic heterocycles. The zero-order chi connectivity index (χ0) is 10.7. The Labute approximate surface area is 89.6 Å². The van der Waals surface area contributed by atoms with Crippen LogP contribution in [0.3, 0.4) is 0 Å². The molecule has 2 unspecified atom stereocenters. The summed E-state index contributed by atoms with van der Waals surface area (Å²) < 4.78 is 5.77. The number of ether oxygens (including phenoxy) is 1. The molecule has 3 nitrogen and oxygen atoms in total. The van der Waals surface area contributed by atoms with Crippen LogP contribution in [0, 0.1) is 12.3 Å². The number of para-hydroxylation sites is 1. The summed E-state index contributed by atoms with van der Waals surface area (Å²) in [6.45, 7) is 0. The van der Waals surface area contributed by atoms with Crippen LogP contribution in [0.15, 0.2) is 24.3 Å². The second-order valence-corrected chi connectivity index (χ2v) is 3.65. The fourth-order valence-electron chi connectivity index (χ4n) is 1.86. The van der Waals surface area contributed by atoms with Gasteiger partial charge in [0.05, 0.1) is 6.04 Å². The van der Waals surface area contributed by atoms with Crippen molar-refractivity contribution in [2.24, 2.45) is 5.84 Å². The highest BCUT2D eigenvalue weighted by atomic mass is 16.5. The maximum atomic E-state index is 5.77. The summed E-state index contributed by atoms with van der Waals surface area (Å²) in [4.78, 5) is 0. The van der Waals surface area contributed by atoms with Crippen molar-refractivity contribution in [2.75, 3.05) is 0 Å². The van der Waals surface area contributed by atoms with Gasteiger partial charge >= 0.3 is 0 Å². The largest absolute Gasteiger partial charge is 0.488 e. The molecule has 1 aliphatic heterocycles. The Bertz CT molecular complexity index is 358. The lowest BCUT2D eigenvalue weighted by Crippen LogP contribution is -2.45. The van der Waals surface area contributed by atoms with Crippen LogP contribution in [0.5, 0.6) is 5.75 Å². The summed E-state index contributed by atoms with van der Waals surface area (Å²) in [6.07, 6.45) is 6.77. The molecule has 0 amide bonds. The zero-order valence-corrected chi connectivity index (χ0v) is 8.44. The predicted molar refractivity (Wildman–Crippen MR) is 59.1 cm³/mol. The van der Waals surface area contributed by atoms with Gasteiger partial charge in [0, 0.05) is 12.8 Å². The van der Waals surface area contributed by atoms with Gasteiger partial charge in [0.1, 0.15) is 11.9 Å². The van der Waals surface area contributed by atoms with Crippen molar-refractivity contribution in [1.82, 2.24) is 5.43 Å². The van der Waals surface area contributed by atoms with Crippen LogP contribution in [-0.2, 0) is 6.42 Å². The summed E-state index contributed by atoms with van der Waals surface area (Å²) >= 11 is 0. The first-order chi connectivity index (χ1) is 7.35. The molecule has 3 heteroatoms. The summed E-state index contributed by atoms with van der Waals surface area (Å²) in [6, 6.07) is 8.03. The highest BCUT2D eigenvalue weighted by Crippen LogP contribution is 2.29. The first-order valence-corrected chi connectivity index (χ1v) is 4.99. The maximum absolute atomic E-state index is 5.77. The van der Waals surface area contributed by atoms with E-state index in [0.29, 0.717) is 6.42 Å². The van der Waals surface area contributed by atoms with Crippen molar-refractivity contribution in [3.63, 3.8) is 0 Å². The first-order valence-electron chi connectivity index (χ1n) is 4.99. The van der Waals surface area contributed by atoms with Crippen LogP contribution < -0.4 is 16.0 Å². The number of hydrogen-bond acceptors (Lipinski definition) is 3. The van der Waals surface area contributed by atoms with Crippen molar-refractivity contribution in [3.05, 3.63) is 29.8 Å². The molecule has 0 aliphatic carbocycles. The van der Waals surface area contributed by atoms with Gasteiger partial charge in [-0.25, -0.2) is 0 Å². The summed E-state index contributed by atoms with van der Waals surface area (Å²) in [5, 5.41) is 0. The lowest BCUT2D eigenvalue weighted by Gasteiger charge is -2.20. The monoisotopic (exact) mass is 202 g/mol. The minimum absolute atomic E-state index is 0.0161. The second-order valence-electron chi connectivity index (χ2n) is 3.65. The van der Waals surface area contributed by atoms with Crippen LogP contribution >= 0.6 is 0 Å². The van der Waals surface area contributed by atoms with Crippen LogP contribution in [-0.4, -0.2) is 12.1 Å².